The maximum atomic E-state index is 12.9. The quantitative estimate of drug-likeness (QED) is 0.532. The van der Waals surface area contributed by atoms with Crippen LogP contribution in [0, 0.1) is 0 Å². The molecular formula is C22H23N3O6S2. The Morgan fingerprint density at radius 2 is 1.94 bits per heavy atom. The average molecular weight is 490 g/mol. The van der Waals surface area contributed by atoms with Crippen LogP contribution in [0.2, 0.25) is 0 Å². The van der Waals surface area contributed by atoms with Gasteiger partial charge in [0, 0.05) is 30.9 Å². The van der Waals surface area contributed by atoms with Gasteiger partial charge in [0.25, 0.3) is 5.91 Å². The van der Waals surface area contributed by atoms with E-state index in [0.29, 0.717) is 46.0 Å². The largest absolute Gasteiger partial charge is 0.487 e. The molecule has 1 aromatic heterocycles. The van der Waals surface area contributed by atoms with Gasteiger partial charge in [0.1, 0.15) is 34.5 Å². The first-order valence-corrected chi connectivity index (χ1v) is 12.7. The van der Waals surface area contributed by atoms with Crippen LogP contribution in [0.25, 0.3) is 0 Å². The van der Waals surface area contributed by atoms with Crippen LogP contribution in [-0.4, -0.2) is 43.5 Å². The number of carbonyl (C=O) groups excluding carboxylic acids is 1. The van der Waals surface area contributed by atoms with Gasteiger partial charge in [0.15, 0.2) is 9.84 Å². The summed E-state index contributed by atoms with van der Waals surface area (Å²) in [7, 11) is -1.76. The molecule has 2 heterocycles. The molecule has 0 fully saturated rings. The highest BCUT2D eigenvalue weighted by atomic mass is 32.2. The van der Waals surface area contributed by atoms with Crippen molar-refractivity contribution in [1.82, 2.24) is 10.2 Å². The number of fused-ring (bicyclic) bond motifs is 1. The van der Waals surface area contributed by atoms with Crippen molar-refractivity contribution in [3.05, 3.63) is 52.5 Å². The van der Waals surface area contributed by atoms with Gasteiger partial charge < -0.3 is 14.2 Å². The number of anilines is 1. The number of aromatic nitrogens is 2. The molecule has 0 bridgehead atoms. The first-order chi connectivity index (χ1) is 15.5. The highest BCUT2D eigenvalue weighted by molar-refractivity contribution is 7.90. The van der Waals surface area contributed by atoms with E-state index in [4.69, 9.17) is 14.2 Å². The second kappa shape index (κ2) is 8.73. The number of carbonyl (C=O) groups is 1. The van der Waals surface area contributed by atoms with E-state index in [9.17, 15) is 13.2 Å². The monoisotopic (exact) mass is 489 g/mol. The summed E-state index contributed by atoms with van der Waals surface area (Å²) in [6.07, 6.45) is 1.74. The average Bonchev–Trinajstić information content (AvgIpc) is 3.30. The number of nitrogens with one attached hydrogen (secondary N) is 1. The van der Waals surface area contributed by atoms with E-state index in [2.05, 4.69) is 15.5 Å². The van der Waals surface area contributed by atoms with Gasteiger partial charge in [-0.15, -0.1) is 10.2 Å². The molecule has 9 nitrogen and oxygen atoms in total. The molecule has 1 amide bonds. The molecule has 33 heavy (non-hydrogen) atoms. The minimum absolute atomic E-state index is 0.197. The molecule has 174 valence electrons. The smallest absolute Gasteiger partial charge is 0.257 e. The Morgan fingerprint density at radius 3 is 2.61 bits per heavy atom. The minimum atomic E-state index is -3.31. The number of rotatable bonds is 7. The molecule has 1 aliphatic rings. The van der Waals surface area contributed by atoms with E-state index in [-0.39, 0.29) is 10.8 Å². The molecule has 0 atom stereocenters. The predicted octanol–water partition coefficient (Wildman–Crippen LogP) is 3.85. The Bertz CT molecular complexity index is 1300. The van der Waals surface area contributed by atoms with E-state index in [0.717, 1.165) is 11.8 Å². The minimum Gasteiger partial charge on any atom is -0.487 e. The summed E-state index contributed by atoms with van der Waals surface area (Å²) in [5.41, 5.74) is 0.712. The van der Waals surface area contributed by atoms with E-state index in [1.807, 2.05) is 13.8 Å². The van der Waals surface area contributed by atoms with Crippen molar-refractivity contribution in [2.24, 2.45) is 0 Å². The van der Waals surface area contributed by atoms with E-state index in [1.165, 1.54) is 23.5 Å². The van der Waals surface area contributed by atoms with Crippen molar-refractivity contribution in [1.29, 1.82) is 0 Å². The van der Waals surface area contributed by atoms with Crippen molar-refractivity contribution in [3.63, 3.8) is 0 Å². The highest BCUT2D eigenvalue weighted by Crippen LogP contribution is 2.43. The number of sulfone groups is 1. The van der Waals surface area contributed by atoms with Crippen LogP contribution in [-0.2, 0) is 27.6 Å². The lowest BCUT2D eigenvalue weighted by molar-refractivity contribution is 0.102. The molecule has 0 aliphatic carbocycles. The standard InChI is InChI=1S/C22H23N3O6S2/c1-22(2)11-16-17(30-14-5-7-15(8-6-14)33(4,27)28)9-13(10-18(16)31-22)20(26)23-21-25-24-19(32-21)12-29-3/h5-10H,11-12H2,1-4H3,(H,23,25,26). The molecule has 0 saturated heterocycles. The predicted molar refractivity (Wildman–Crippen MR) is 123 cm³/mol. The van der Waals surface area contributed by atoms with E-state index < -0.39 is 15.4 Å². The summed E-state index contributed by atoms with van der Waals surface area (Å²) in [5, 5.41) is 11.7. The number of ether oxygens (including phenoxy) is 3. The molecule has 1 aliphatic heterocycles. The molecule has 3 aromatic rings. The van der Waals surface area contributed by atoms with Crippen molar-refractivity contribution in [2.75, 3.05) is 18.7 Å². The van der Waals surface area contributed by atoms with E-state index >= 15 is 0 Å². The third-order valence-corrected chi connectivity index (χ3v) is 6.79. The van der Waals surface area contributed by atoms with Gasteiger partial charge in [0.2, 0.25) is 5.13 Å². The normalized spacial score (nSPS) is 14.4. The molecular weight excluding hydrogens is 466 g/mol. The summed E-state index contributed by atoms with van der Waals surface area (Å²) in [6, 6.07) is 9.44. The molecule has 0 radical (unpaired) electrons. The van der Waals surface area contributed by atoms with Gasteiger partial charge in [-0.1, -0.05) is 11.3 Å². The third kappa shape index (κ3) is 5.32. The maximum Gasteiger partial charge on any atom is 0.257 e. The Balaban J connectivity index is 1.63. The molecule has 11 heteroatoms. The van der Waals surface area contributed by atoms with Crippen molar-refractivity contribution in [2.45, 2.75) is 37.4 Å². The lowest BCUT2D eigenvalue weighted by Gasteiger charge is -2.16. The Kier molecular flexibility index (Phi) is 6.12. The van der Waals surface area contributed by atoms with Crippen molar-refractivity contribution < 1.29 is 27.4 Å². The fourth-order valence-electron chi connectivity index (χ4n) is 3.40. The second-order valence-corrected chi connectivity index (χ2v) is 11.3. The number of hydrogen-bond acceptors (Lipinski definition) is 9. The highest BCUT2D eigenvalue weighted by Gasteiger charge is 2.34. The van der Waals surface area contributed by atoms with Gasteiger partial charge in [-0.05, 0) is 50.2 Å². The molecule has 1 N–H and O–H groups in total. The van der Waals surface area contributed by atoms with Crippen LogP contribution in [0.5, 0.6) is 17.2 Å². The molecule has 4 rings (SSSR count). The Labute approximate surface area is 195 Å². The molecule has 2 aromatic carbocycles. The third-order valence-electron chi connectivity index (χ3n) is 4.85. The van der Waals surface area contributed by atoms with Crippen LogP contribution in [0.1, 0.15) is 34.8 Å². The summed E-state index contributed by atoms with van der Waals surface area (Å²) in [6.45, 7) is 4.22. The first-order valence-electron chi connectivity index (χ1n) is 10.0. The lowest BCUT2D eigenvalue weighted by atomic mass is 9.99. The van der Waals surface area contributed by atoms with E-state index in [1.54, 1.807) is 31.4 Å². The van der Waals surface area contributed by atoms with Crippen LogP contribution < -0.4 is 14.8 Å². The van der Waals surface area contributed by atoms with Crippen molar-refractivity contribution in [3.8, 4) is 17.2 Å². The topological polar surface area (TPSA) is 117 Å². The van der Waals surface area contributed by atoms with Crippen LogP contribution in [0.4, 0.5) is 5.13 Å². The number of nitrogens with zero attached hydrogens (tertiary/aromatic N) is 2. The van der Waals surface area contributed by atoms with Gasteiger partial charge in [-0.3, -0.25) is 10.1 Å². The zero-order valence-electron chi connectivity index (χ0n) is 18.5. The van der Waals surface area contributed by atoms with Crippen LogP contribution in [0.3, 0.4) is 0 Å². The Morgan fingerprint density at radius 1 is 1.21 bits per heavy atom. The first kappa shape index (κ1) is 23.1. The fourth-order valence-corrected chi connectivity index (χ4v) is 4.74. The summed E-state index contributed by atoms with van der Waals surface area (Å²) >= 11 is 1.22. The number of benzene rings is 2. The van der Waals surface area contributed by atoms with Gasteiger partial charge >= 0.3 is 0 Å². The summed E-state index contributed by atoms with van der Waals surface area (Å²) < 4.78 is 40.6. The molecule has 0 unspecified atom stereocenters. The second-order valence-electron chi connectivity index (χ2n) is 8.22. The number of methoxy groups -OCH3 is 1. The van der Waals surface area contributed by atoms with Crippen molar-refractivity contribution >= 4 is 32.2 Å². The molecule has 0 saturated carbocycles. The van der Waals surface area contributed by atoms with Gasteiger partial charge in [0.05, 0.1) is 4.90 Å². The van der Waals surface area contributed by atoms with Gasteiger partial charge in [-0.25, -0.2) is 8.42 Å². The van der Waals surface area contributed by atoms with Gasteiger partial charge in [-0.2, -0.15) is 0 Å². The fraction of sp³-hybridized carbons (Fsp3) is 0.318. The molecule has 0 spiro atoms. The number of hydrogen-bond donors (Lipinski definition) is 1. The SMILES string of the molecule is COCc1nnc(NC(=O)c2cc(Oc3ccc(S(C)(=O)=O)cc3)c3c(c2)OC(C)(C)C3)s1. The Hall–Kier alpha value is -3.02. The van der Waals surface area contributed by atoms with Crippen LogP contribution >= 0.6 is 11.3 Å². The lowest BCUT2D eigenvalue weighted by Crippen LogP contribution is -2.24. The summed E-state index contributed by atoms with van der Waals surface area (Å²) in [4.78, 5) is 13.1. The summed E-state index contributed by atoms with van der Waals surface area (Å²) in [5.74, 6) is 1.09. The zero-order valence-corrected chi connectivity index (χ0v) is 20.2. The number of amides is 1. The maximum absolute atomic E-state index is 12.9. The van der Waals surface area contributed by atoms with Crippen LogP contribution in [0.15, 0.2) is 41.3 Å². The zero-order chi connectivity index (χ0) is 23.8.